The van der Waals surface area contributed by atoms with Crippen molar-refractivity contribution in [1.29, 1.82) is 0 Å². The zero-order valence-electron chi connectivity index (χ0n) is 7.99. The summed E-state index contributed by atoms with van der Waals surface area (Å²) in [7, 11) is 1.45. The lowest BCUT2D eigenvalue weighted by atomic mass is 9.79. The second kappa shape index (κ2) is 6.38. The Labute approximate surface area is 89.8 Å². The minimum Gasteiger partial charge on any atom is -0.469 e. The molecule has 0 heterocycles. The molecule has 0 saturated heterocycles. The first-order valence-corrected chi connectivity index (χ1v) is 4.57. The molecule has 0 bridgehead atoms. The third kappa shape index (κ3) is 3.27. The van der Waals surface area contributed by atoms with Crippen molar-refractivity contribution < 1.29 is 9.53 Å². The zero-order valence-corrected chi connectivity index (χ0v) is 9.71. The molecule has 1 saturated carbocycles. The molecular weight excluding hydrogens is 234 g/mol. The van der Waals surface area contributed by atoms with Crippen molar-refractivity contribution in [3.8, 4) is 0 Å². The van der Waals surface area contributed by atoms with Gasteiger partial charge in [0.15, 0.2) is 0 Å². The topological polar surface area (TPSA) is 52.3 Å². The van der Waals surface area contributed by atoms with Crippen molar-refractivity contribution in [2.45, 2.75) is 25.7 Å². The van der Waals surface area contributed by atoms with E-state index in [1.165, 1.54) is 13.5 Å². The Kier molecular flexibility index (Phi) is 6.33. The predicted molar refractivity (Wildman–Crippen MR) is 56.8 cm³/mol. The SMILES string of the molecule is Br.COC(=O)C1CCCCC1CN. The highest BCUT2D eigenvalue weighted by atomic mass is 79.9. The van der Waals surface area contributed by atoms with Gasteiger partial charge in [-0.3, -0.25) is 4.79 Å². The van der Waals surface area contributed by atoms with Crippen LogP contribution in [0, 0.1) is 11.8 Å². The molecule has 1 fully saturated rings. The summed E-state index contributed by atoms with van der Waals surface area (Å²) in [6.45, 7) is 0.611. The van der Waals surface area contributed by atoms with Crippen molar-refractivity contribution in [2.24, 2.45) is 17.6 Å². The first-order chi connectivity index (χ1) is 5.79. The van der Waals surface area contributed by atoms with Gasteiger partial charge in [-0.1, -0.05) is 12.8 Å². The minimum absolute atomic E-state index is 0. The highest BCUT2D eigenvalue weighted by Gasteiger charge is 2.30. The normalized spacial score (nSPS) is 27.5. The second-order valence-corrected chi connectivity index (χ2v) is 3.41. The molecule has 1 rings (SSSR count). The van der Waals surface area contributed by atoms with E-state index < -0.39 is 0 Å². The van der Waals surface area contributed by atoms with Gasteiger partial charge in [-0.15, -0.1) is 17.0 Å². The number of hydrogen-bond donors (Lipinski definition) is 1. The number of methoxy groups -OCH3 is 1. The van der Waals surface area contributed by atoms with Crippen LogP contribution in [0.25, 0.3) is 0 Å². The maximum atomic E-state index is 11.3. The Bertz CT molecular complexity index is 164. The Morgan fingerprint density at radius 1 is 1.46 bits per heavy atom. The van der Waals surface area contributed by atoms with Crippen molar-refractivity contribution in [1.82, 2.24) is 0 Å². The Hall–Kier alpha value is -0.0900. The minimum atomic E-state index is -0.0786. The molecule has 2 atom stereocenters. The van der Waals surface area contributed by atoms with Gasteiger partial charge in [0, 0.05) is 0 Å². The third-order valence-corrected chi connectivity index (χ3v) is 2.72. The Balaban J connectivity index is 0.00000144. The van der Waals surface area contributed by atoms with Crippen molar-refractivity contribution >= 4 is 23.0 Å². The van der Waals surface area contributed by atoms with Crippen LogP contribution in [0.5, 0.6) is 0 Å². The lowest BCUT2D eigenvalue weighted by molar-refractivity contribution is -0.148. The summed E-state index contributed by atoms with van der Waals surface area (Å²) in [5.41, 5.74) is 5.58. The van der Waals surface area contributed by atoms with Crippen LogP contribution in [-0.4, -0.2) is 19.6 Å². The largest absolute Gasteiger partial charge is 0.469 e. The zero-order chi connectivity index (χ0) is 8.97. The smallest absolute Gasteiger partial charge is 0.308 e. The van der Waals surface area contributed by atoms with Gasteiger partial charge in [-0.2, -0.15) is 0 Å². The van der Waals surface area contributed by atoms with Gasteiger partial charge in [-0.05, 0) is 25.3 Å². The van der Waals surface area contributed by atoms with Gasteiger partial charge in [-0.25, -0.2) is 0 Å². The molecule has 0 aromatic rings. The maximum absolute atomic E-state index is 11.3. The molecule has 0 spiro atoms. The fourth-order valence-electron chi connectivity index (χ4n) is 1.95. The third-order valence-electron chi connectivity index (χ3n) is 2.72. The number of carbonyl (C=O) groups is 1. The van der Waals surface area contributed by atoms with Crippen molar-refractivity contribution in [2.75, 3.05) is 13.7 Å². The van der Waals surface area contributed by atoms with Gasteiger partial charge in [0.2, 0.25) is 0 Å². The number of nitrogens with two attached hydrogens (primary N) is 1. The first kappa shape index (κ1) is 12.9. The van der Waals surface area contributed by atoms with Gasteiger partial charge >= 0.3 is 5.97 Å². The number of carbonyl (C=O) groups excluding carboxylic acids is 1. The lowest BCUT2D eigenvalue weighted by Gasteiger charge is -2.28. The van der Waals surface area contributed by atoms with Crippen LogP contribution in [0.15, 0.2) is 0 Å². The van der Waals surface area contributed by atoms with E-state index in [-0.39, 0.29) is 28.9 Å². The Morgan fingerprint density at radius 3 is 2.62 bits per heavy atom. The van der Waals surface area contributed by atoms with E-state index >= 15 is 0 Å². The monoisotopic (exact) mass is 251 g/mol. The molecule has 78 valence electrons. The van der Waals surface area contributed by atoms with Gasteiger partial charge in [0.1, 0.15) is 0 Å². The molecule has 13 heavy (non-hydrogen) atoms. The molecule has 3 nitrogen and oxygen atoms in total. The molecule has 2 unspecified atom stereocenters. The van der Waals surface area contributed by atoms with Gasteiger partial charge in [0.05, 0.1) is 13.0 Å². The summed E-state index contributed by atoms with van der Waals surface area (Å²) < 4.78 is 4.73. The number of ether oxygens (including phenoxy) is 1. The van der Waals surface area contributed by atoms with Crippen molar-refractivity contribution in [3.63, 3.8) is 0 Å². The Morgan fingerprint density at radius 2 is 2.08 bits per heavy atom. The van der Waals surface area contributed by atoms with Crippen LogP contribution >= 0.6 is 17.0 Å². The maximum Gasteiger partial charge on any atom is 0.308 e. The highest BCUT2D eigenvalue weighted by molar-refractivity contribution is 8.93. The molecule has 2 N–H and O–H groups in total. The molecule has 0 aliphatic heterocycles. The van der Waals surface area contributed by atoms with Crippen molar-refractivity contribution in [3.05, 3.63) is 0 Å². The summed E-state index contributed by atoms with van der Waals surface area (Å²) in [5.74, 6) is 0.338. The quantitative estimate of drug-likeness (QED) is 0.758. The molecule has 1 aliphatic carbocycles. The summed E-state index contributed by atoms with van der Waals surface area (Å²) >= 11 is 0. The summed E-state index contributed by atoms with van der Waals surface area (Å²) in [5, 5.41) is 0. The van der Waals surface area contributed by atoms with E-state index in [0.29, 0.717) is 12.5 Å². The standard InChI is InChI=1S/C9H17NO2.BrH/c1-12-9(11)8-5-3-2-4-7(8)6-10;/h7-8H,2-6,10H2,1H3;1H. The first-order valence-electron chi connectivity index (χ1n) is 4.57. The number of hydrogen-bond acceptors (Lipinski definition) is 3. The number of halogens is 1. The van der Waals surface area contributed by atoms with Crippen LogP contribution in [-0.2, 0) is 9.53 Å². The van der Waals surface area contributed by atoms with Gasteiger partial charge in [0.25, 0.3) is 0 Å². The molecule has 0 amide bonds. The molecule has 4 heteroatoms. The van der Waals surface area contributed by atoms with Crippen LogP contribution in [0.4, 0.5) is 0 Å². The van der Waals surface area contributed by atoms with E-state index in [2.05, 4.69) is 0 Å². The second-order valence-electron chi connectivity index (χ2n) is 3.41. The summed E-state index contributed by atoms with van der Waals surface area (Å²) in [6, 6.07) is 0. The molecule has 0 aromatic carbocycles. The van der Waals surface area contributed by atoms with E-state index in [1.54, 1.807) is 0 Å². The molecule has 0 radical (unpaired) electrons. The molecule has 0 aromatic heterocycles. The number of rotatable bonds is 2. The number of esters is 1. The van der Waals surface area contributed by atoms with Gasteiger partial charge < -0.3 is 10.5 Å². The van der Waals surface area contributed by atoms with Crippen LogP contribution in [0.1, 0.15) is 25.7 Å². The summed E-state index contributed by atoms with van der Waals surface area (Å²) in [6.07, 6.45) is 4.37. The van der Waals surface area contributed by atoms with Crippen LogP contribution in [0.2, 0.25) is 0 Å². The summed E-state index contributed by atoms with van der Waals surface area (Å²) in [4.78, 5) is 11.3. The fraction of sp³-hybridized carbons (Fsp3) is 0.889. The average Bonchev–Trinajstić information content (AvgIpc) is 2.16. The van der Waals surface area contributed by atoms with E-state index in [0.717, 1.165) is 19.3 Å². The van der Waals surface area contributed by atoms with Crippen LogP contribution in [0.3, 0.4) is 0 Å². The predicted octanol–water partition coefficient (Wildman–Crippen LogP) is 1.50. The lowest BCUT2D eigenvalue weighted by Crippen LogP contribution is -2.32. The molecular formula is C9H18BrNO2. The van der Waals surface area contributed by atoms with E-state index in [1.807, 2.05) is 0 Å². The fourth-order valence-corrected chi connectivity index (χ4v) is 1.95. The average molecular weight is 252 g/mol. The molecule has 1 aliphatic rings. The van der Waals surface area contributed by atoms with Crippen LogP contribution < -0.4 is 5.73 Å². The van der Waals surface area contributed by atoms with E-state index in [4.69, 9.17) is 10.5 Å². The van der Waals surface area contributed by atoms with E-state index in [9.17, 15) is 4.79 Å². The highest BCUT2D eigenvalue weighted by Crippen LogP contribution is 2.29.